The fourth-order valence-electron chi connectivity index (χ4n) is 9.21. The van der Waals surface area contributed by atoms with Crippen molar-refractivity contribution in [2.45, 2.75) is 125 Å². The van der Waals surface area contributed by atoms with Gasteiger partial charge in [-0.15, -0.1) is 0 Å². The summed E-state index contributed by atoms with van der Waals surface area (Å²) in [7, 11) is 0. The van der Waals surface area contributed by atoms with E-state index in [1.807, 2.05) is 13.8 Å². The van der Waals surface area contributed by atoms with Crippen LogP contribution in [-0.4, -0.2) is 27.7 Å². The molecule has 7 atom stereocenters. The molecule has 2 fully saturated rings. The molecule has 2 N–H and O–H groups in total. The van der Waals surface area contributed by atoms with Gasteiger partial charge in [-0.05, 0) is 105 Å². The molecule has 4 rings (SSSR count). The molecular weight excluding hydrogens is 420 g/mol. The van der Waals surface area contributed by atoms with Crippen molar-refractivity contribution in [3.8, 4) is 0 Å². The summed E-state index contributed by atoms with van der Waals surface area (Å²) in [6.45, 7) is 21.9. The minimum atomic E-state index is -0.819. The number of Topliss-reactive ketones (excluding diaryl/α,β-unsaturated/α-hetero) is 1. The van der Waals surface area contributed by atoms with E-state index in [9.17, 15) is 15.0 Å². The highest BCUT2D eigenvalue weighted by Gasteiger charge is 2.65. The number of hydrogen-bond donors (Lipinski definition) is 2. The lowest BCUT2D eigenvalue weighted by Crippen LogP contribution is -2.57. The van der Waals surface area contributed by atoms with Crippen molar-refractivity contribution in [3.63, 3.8) is 0 Å². The number of aliphatic hydroxyl groups is 2. The van der Waals surface area contributed by atoms with Crippen LogP contribution in [0.2, 0.25) is 0 Å². The monoisotopic (exact) mass is 470 g/mol. The largest absolute Gasteiger partial charge is 0.393 e. The van der Waals surface area contributed by atoms with Gasteiger partial charge in [-0.3, -0.25) is 4.79 Å². The predicted octanol–water partition coefficient (Wildman–Crippen LogP) is 7.02. The molecule has 4 aliphatic rings. The molecule has 34 heavy (non-hydrogen) atoms. The van der Waals surface area contributed by atoms with Crippen LogP contribution in [0.5, 0.6) is 0 Å². The van der Waals surface area contributed by atoms with Gasteiger partial charge in [0.05, 0.1) is 11.7 Å². The maximum Gasteiger partial charge on any atom is 0.159 e. The summed E-state index contributed by atoms with van der Waals surface area (Å²) < 4.78 is 0. The van der Waals surface area contributed by atoms with Crippen LogP contribution in [0.25, 0.3) is 0 Å². The fraction of sp³-hybridized carbons (Fsp3) is 0.839. The van der Waals surface area contributed by atoms with Gasteiger partial charge in [0.1, 0.15) is 0 Å². The van der Waals surface area contributed by atoms with Gasteiger partial charge < -0.3 is 10.2 Å². The van der Waals surface area contributed by atoms with Crippen LogP contribution in [0, 0.1) is 39.4 Å². The molecule has 0 amide bonds. The molecule has 0 aliphatic heterocycles. The molecule has 4 aliphatic carbocycles. The third-order valence-electron chi connectivity index (χ3n) is 12.1. The van der Waals surface area contributed by atoms with Gasteiger partial charge in [-0.1, -0.05) is 53.7 Å². The number of aliphatic hydroxyl groups excluding tert-OH is 1. The molecule has 7 unspecified atom stereocenters. The highest BCUT2D eigenvalue weighted by atomic mass is 16.3. The zero-order chi connectivity index (χ0) is 25.5. The topological polar surface area (TPSA) is 57.5 Å². The minimum absolute atomic E-state index is 0.0322. The lowest BCUT2D eigenvalue weighted by atomic mass is 9.43. The van der Waals surface area contributed by atoms with Gasteiger partial charge >= 0.3 is 0 Å². The van der Waals surface area contributed by atoms with Crippen LogP contribution in [0.4, 0.5) is 0 Å². The number of rotatable bonds is 5. The van der Waals surface area contributed by atoms with E-state index in [2.05, 4.69) is 48.1 Å². The summed E-state index contributed by atoms with van der Waals surface area (Å²) in [4.78, 5) is 13.9. The number of ketones is 1. The summed E-state index contributed by atoms with van der Waals surface area (Å²) >= 11 is 0. The highest BCUT2D eigenvalue weighted by Crippen LogP contribution is 2.71. The Balaban J connectivity index is 1.66. The van der Waals surface area contributed by atoms with Crippen molar-refractivity contribution >= 4 is 5.78 Å². The van der Waals surface area contributed by atoms with Gasteiger partial charge in [0.15, 0.2) is 5.78 Å². The third kappa shape index (κ3) is 3.54. The van der Waals surface area contributed by atoms with E-state index in [1.54, 1.807) is 0 Å². The molecule has 0 radical (unpaired) electrons. The predicted molar refractivity (Wildman–Crippen MR) is 139 cm³/mol. The zero-order valence-electron chi connectivity index (χ0n) is 23.2. The van der Waals surface area contributed by atoms with Crippen LogP contribution in [-0.2, 0) is 4.79 Å². The van der Waals surface area contributed by atoms with E-state index in [1.165, 1.54) is 17.6 Å². The Morgan fingerprint density at radius 1 is 1.12 bits per heavy atom. The standard InChI is InChI=1S/C31H50O3/c1-19(10-11-20(2)28(5,6)34)21-12-17-31(9)26-22(13-16-30(21,31)8)29(7)15-14-25(33)27(3,4)24(29)18-23(26)32/h19,21,24-25,33-34H,2,10-18H2,1,3-9H3. The molecule has 2 saturated carbocycles. The van der Waals surface area contributed by atoms with E-state index in [-0.39, 0.29) is 33.7 Å². The Labute approximate surface area is 208 Å². The number of allylic oxidation sites excluding steroid dienone is 2. The third-order valence-corrected chi connectivity index (χ3v) is 12.1. The molecule has 3 nitrogen and oxygen atoms in total. The Kier molecular flexibility index (Phi) is 6.18. The number of carbonyl (C=O) groups is 1. The average molecular weight is 471 g/mol. The number of fused-ring (bicyclic) bond motifs is 4. The number of hydrogen-bond acceptors (Lipinski definition) is 3. The van der Waals surface area contributed by atoms with Crippen LogP contribution >= 0.6 is 0 Å². The number of carbonyl (C=O) groups excluding carboxylic acids is 1. The zero-order valence-corrected chi connectivity index (χ0v) is 23.2. The van der Waals surface area contributed by atoms with Crippen molar-refractivity contribution < 1.29 is 15.0 Å². The molecule has 0 heterocycles. The summed E-state index contributed by atoms with van der Waals surface area (Å²) in [5, 5.41) is 21.1. The van der Waals surface area contributed by atoms with Crippen LogP contribution in [0.1, 0.15) is 113 Å². The lowest BCUT2D eigenvalue weighted by molar-refractivity contribution is -0.134. The Morgan fingerprint density at radius 2 is 1.76 bits per heavy atom. The molecule has 0 spiro atoms. The molecule has 0 aromatic heterocycles. The van der Waals surface area contributed by atoms with Crippen LogP contribution in [0.3, 0.4) is 0 Å². The van der Waals surface area contributed by atoms with Crippen molar-refractivity contribution in [3.05, 3.63) is 23.3 Å². The molecule has 3 heteroatoms. The first kappa shape index (κ1) is 26.1. The molecule has 0 bridgehead atoms. The van der Waals surface area contributed by atoms with Crippen LogP contribution < -0.4 is 0 Å². The lowest BCUT2D eigenvalue weighted by Gasteiger charge is -2.61. The first-order valence-corrected chi connectivity index (χ1v) is 13.9. The van der Waals surface area contributed by atoms with E-state index in [0.717, 1.165) is 50.5 Å². The Morgan fingerprint density at radius 3 is 2.38 bits per heavy atom. The summed E-state index contributed by atoms with van der Waals surface area (Å²) in [5.74, 6) is 1.73. The molecular formula is C31H50O3. The minimum Gasteiger partial charge on any atom is -0.393 e. The van der Waals surface area contributed by atoms with Gasteiger partial charge in [0.25, 0.3) is 0 Å². The maximum atomic E-state index is 13.9. The summed E-state index contributed by atoms with van der Waals surface area (Å²) in [5.41, 5.74) is 2.63. The second-order valence-corrected chi connectivity index (χ2v) is 14.4. The van der Waals surface area contributed by atoms with E-state index in [0.29, 0.717) is 24.0 Å². The second-order valence-electron chi connectivity index (χ2n) is 14.4. The van der Waals surface area contributed by atoms with Crippen molar-refractivity contribution in [2.24, 2.45) is 39.4 Å². The Bertz CT molecular complexity index is 904. The quantitative estimate of drug-likeness (QED) is 0.425. The van der Waals surface area contributed by atoms with Crippen molar-refractivity contribution in [2.75, 3.05) is 0 Å². The normalized spacial score (nSPS) is 42.6. The smallest absolute Gasteiger partial charge is 0.159 e. The van der Waals surface area contributed by atoms with E-state index >= 15 is 0 Å². The first-order valence-electron chi connectivity index (χ1n) is 13.9. The SMILES string of the molecule is C=C(CCC(C)C1CCC2(C)C3=C(CCC12C)C1(C)CCC(O)C(C)(C)C1CC3=O)C(C)(C)O. The molecule has 0 aromatic rings. The van der Waals surface area contributed by atoms with Gasteiger partial charge in [-0.25, -0.2) is 0 Å². The summed E-state index contributed by atoms with van der Waals surface area (Å²) in [6.07, 6.45) is 8.48. The fourth-order valence-corrected chi connectivity index (χ4v) is 9.21. The molecule has 0 saturated heterocycles. The van der Waals surface area contributed by atoms with Gasteiger partial charge in [0, 0.05) is 17.4 Å². The average Bonchev–Trinajstić information content (AvgIpc) is 3.01. The van der Waals surface area contributed by atoms with Gasteiger partial charge in [0.2, 0.25) is 0 Å². The molecule has 0 aromatic carbocycles. The Hall–Kier alpha value is -0.930. The van der Waals surface area contributed by atoms with Crippen LogP contribution in [0.15, 0.2) is 23.3 Å². The molecule has 192 valence electrons. The maximum absolute atomic E-state index is 13.9. The summed E-state index contributed by atoms with van der Waals surface area (Å²) in [6, 6.07) is 0. The van der Waals surface area contributed by atoms with Crippen molar-refractivity contribution in [1.29, 1.82) is 0 Å². The van der Waals surface area contributed by atoms with Crippen molar-refractivity contribution in [1.82, 2.24) is 0 Å². The van der Waals surface area contributed by atoms with E-state index in [4.69, 9.17) is 0 Å². The highest BCUT2D eigenvalue weighted by molar-refractivity contribution is 5.99. The first-order chi connectivity index (χ1) is 15.5. The second kappa shape index (κ2) is 8.04. The van der Waals surface area contributed by atoms with Gasteiger partial charge in [-0.2, -0.15) is 0 Å². The van der Waals surface area contributed by atoms with E-state index < -0.39 is 5.60 Å².